The van der Waals surface area contributed by atoms with Gasteiger partial charge in [0.2, 0.25) is 0 Å². The molecule has 4 nitrogen and oxygen atoms in total. The molecule has 3 fully saturated rings. The first-order valence-electron chi connectivity index (χ1n) is 9.58. The van der Waals surface area contributed by atoms with E-state index < -0.39 is 0 Å². The lowest BCUT2D eigenvalue weighted by Gasteiger charge is -2.58. The Bertz CT molecular complexity index is 648. The molecule has 5 atom stereocenters. The van der Waals surface area contributed by atoms with Gasteiger partial charge in [-0.15, -0.1) is 0 Å². The molecule has 5 rings (SSSR count). The minimum atomic E-state index is -0.0210. The summed E-state index contributed by atoms with van der Waals surface area (Å²) in [4.78, 5) is 2.59. The lowest BCUT2D eigenvalue weighted by Crippen LogP contribution is -2.61. The lowest BCUT2D eigenvalue weighted by atomic mass is 9.52. The van der Waals surface area contributed by atoms with Gasteiger partial charge in [-0.25, -0.2) is 0 Å². The van der Waals surface area contributed by atoms with Crippen molar-refractivity contribution < 1.29 is 14.6 Å². The number of likely N-dealkylation sites (tertiary alicyclic amines) is 1. The van der Waals surface area contributed by atoms with E-state index in [9.17, 15) is 5.11 Å². The van der Waals surface area contributed by atoms with Crippen molar-refractivity contribution in [3.8, 4) is 5.75 Å². The van der Waals surface area contributed by atoms with Gasteiger partial charge in [-0.2, -0.15) is 0 Å². The van der Waals surface area contributed by atoms with Gasteiger partial charge >= 0.3 is 0 Å². The first kappa shape index (κ1) is 15.2. The van der Waals surface area contributed by atoms with E-state index in [4.69, 9.17) is 9.47 Å². The summed E-state index contributed by atoms with van der Waals surface area (Å²) in [5, 5.41) is 10.1. The summed E-state index contributed by atoms with van der Waals surface area (Å²) in [6, 6.07) is 6.64. The Kier molecular flexibility index (Phi) is 3.45. The topological polar surface area (TPSA) is 45.2 Å². The highest BCUT2D eigenvalue weighted by atomic mass is 16.8. The fourth-order valence-electron chi connectivity index (χ4n) is 5.95. The molecule has 4 heteroatoms. The molecule has 2 bridgehead atoms. The number of piperidine rings is 1. The number of rotatable bonds is 3. The van der Waals surface area contributed by atoms with Crippen LogP contribution in [0.25, 0.3) is 0 Å². The minimum Gasteiger partial charge on any atom is -0.508 e. The van der Waals surface area contributed by atoms with E-state index in [0.717, 1.165) is 19.6 Å². The van der Waals surface area contributed by atoms with E-state index in [-0.39, 0.29) is 17.9 Å². The molecule has 130 valence electrons. The highest BCUT2D eigenvalue weighted by Crippen LogP contribution is 2.57. The molecule has 1 N–H and O–H groups in total. The number of phenols is 1. The average Bonchev–Trinajstić information content (AvgIpc) is 3.35. The Balaban J connectivity index is 1.52. The van der Waals surface area contributed by atoms with Gasteiger partial charge in [0.15, 0.2) is 12.5 Å². The summed E-state index contributed by atoms with van der Waals surface area (Å²) in [6.07, 6.45) is 7.65. The fraction of sp³-hybridized carbons (Fsp3) is 0.700. The predicted octanol–water partition coefficient (Wildman–Crippen LogP) is 3.17. The summed E-state index contributed by atoms with van der Waals surface area (Å²) in [6.45, 7) is 3.84. The molecular weight excluding hydrogens is 302 g/mol. The van der Waals surface area contributed by atoms with Crippen LogP contribution in [0.1, 0.15) is 50.2 Å². The smallest absolute Gasteiger partial charge is 0.199 e. The number of phenolic OH excluding ortho intramolecular Hbond substituents is 1. The van der Waals surface area contributed by atoms with Gasteiger partial charge in [0.05, 0.1) is 0 Å². The largest absolute Gasteiger partial charge is 0.508 e. The van der Waals surface area contributed by atoms with E-state index in [1.165, 1.54) is 43.2 Å². The van der Waals surface area contributed by atoms with Crippen molar-refractivity contribution in [2.24, 2.45) is 5.92 Å². The number of nitrogens with zero attached hydrogens (tertiary/aromatic N) is 1. The highest BCUT2D eigenvalue weighted by molar-refractivity contribution is 5.45. The number of hydrogen-bond acceptors (Lipinski definition) is 4. The number of ether oxygens (including phenoxy) is 2. The lowest BCUT2D eigenvalue weighted by molar-refractivity contribution is -0.0343. The molecule has 2 heterocycles. The first-order chi connectivity index (χ1) is 11.7. The standard InChI is InChI=1S/C20H27NO3/c1-2-23-19-18(24-19)21-10-9-20-8-4-3-5-15(20)17(21)11-13-6-7-14(22)12-16(13)20/h6-7,12,15,17-19,22H,2-5,8-11H2,1H3. The molecule has 0 radical (unpaired) electrons. The van der Waals surface area contributed by atoms with Crippen molar-refractivity contribution in [2.45, 2.75) is 69.4 Å². The van der Waals surface area contributed by atoms with E-state index in [1.54, 1.807) is 0 Å². The van der Waals surface area contributed by atoms with Gasteiger partial charge < -0.3 is 14.6 Å². The van der Waals surface area contributed by atoms with Crippen LogP contribution in [-0.4, -0.2) is 41.7 Å². The first-order valence-corrected chi connectivity index (χ1v) is 9.58. The molecule has 24 heavy (non-hydrogen) atoms. The van der Waals surface area contributed by atoms with Gasteiger partial charge in [0, 0.05) is 24.6 Å². The second-order valence-corrected chi connectivity index (χ2v) is 7.96. The van der Waals surface area contributed by atoms with Crippen LogP contribution in [-0.2, 0) is 21.3 Å². The number of fused-ring (bicyclic) bond motifs is 1. The third-order valence-corrected chi connectivity index (χ3v) is 6.95. The van der Waals surface area contributed by atoms with Gasteiger partial charge in [-0.1, -0.05) is 18.9 Å². The molecule has 2 aliphatic carbocycles. The molecule has 0 spiro atoms. The average molecular weight is 329 g/mol. The van der Waals surface area contributed by atoms with Crippen molar-refractivity contribution in [3.63, 3.8) is 0 Å². The Morgan fingerprint density at radius 2 is 2.25 bits per heavy atom. The molecular formula is C20H27NO3. The molecule has 1 saturated carbocycles. The van der Waals surface area contributed by atoms with E-state index in [0.29, 0.717) is 17.7 Å². The summed E-state index contributed by atoms with van der Waals surface area (Å²) >= 11 is 0. The minimum absolute atomic E-state index is 0.0210. The highest BCUT2D eigenvalue weighted by Gasteiger charge is 2.58. The van der Waals surface area contributed by atoms with Crippen LogP contribution >= 0.6 is 0 Å². The molecule has 4 aliphatic rings. The number of epoxide rings is 1. The van der Waals surface area contributed by atoms with E-state index in [1.807, 2.05) is 13.0 Å². The van der Waals surface area contributed by atoms with Gasteiger partial charge in [0.1, 0.15) is 5.75 Å². The summed E-state index contributed by atoms with van der Waals surface area (Å²) < 4.78 is 11.5. The Labute approximate surface area is 143 Å². The van der Waals surface area contributed by atoms with Gasteiger partial charge in [-0.05, 0) is 61.8 Å². The van der Waals surface area contributed by atoms with Crippen LogP contribution in [0, 0.1) is 5.92 Å². The molecule has 0 amide bonds. The van der Waals surface area contributed by atoms with Crippen molar-refractivity contribution in [3.05, 3.63) is 29.3 Å². The Morgan fingerprint density at radius 1 is 1.33 bits per heavy atom. The van der Waals surface area contributed by atoms with Crippen LogP contribution in [0.15, 0.2) is 18.2 Å². The van der Waals surface area contributed by atoms with Crippen LogP contribution < -0.4 is 0 Å². The normalized spacial score (nSPS) is 40.7. The molecule has 2 saturated heterocycles. The zero-order valence-corrected chi connectivity index (χ0v) is 14.4. The molecule has 2 aliphatic heterocycles. The Hall–Kier alpha value is -1.10. The van der Waals surface area contributed by atoms with Crippen molar-refractivity contribution in [1.82, 2.24) is 4.90 Å². The van der Waals surface area contributed by atoms with E-state index >= 15 is 0 Å². The molecule has 0 aromatic heterocycles. The summed E-state index contributed by atoms with van der Waals surface area (Å²) in [7, 11) is 0. The predicted molar refractivity (Wildman–Crippen MR) is 90.8 cm³/mol. The van der Waals surface area contributed by atoms with Crippen LogP contribution in [0.3, 0.4) is 0 Å². The van der Waals surface area contributed by atoms with Crippen molar-refractivity contribution >= 4 is 0 Å². The maximum Gasteiger partial charge on any atom is 0.199 e. The quantitative estimate of drug-likeness (QED) is 0.865. The van der Waals surface area contributed by atoms with Crippen LogP contribution in [0.5, 0.6) is 5.75 Å². The molecule has 5 unspecified atom stereocenters. The zero-order valence-electron chi connectivity index (χ0n) is 14.4. The molecule has 1 aromatic rings. The number of benzene rings is 1. The summed E-state index contributed by atoms with van der Waals surface area (Å²) in [5.74, 6) is 1.12. The van der Waals surface area contributed by atoms with Crippen molar-refractivity contribution in [1.29, 1.82) is 0 Å². The maximum absolute atomic E-state index is 10.1. The van der Waals surface area contributed by atoms with Gasteiger partial charge in [0.25, 0.3) is 0 Å². The van der Waals surface area contributed by atoms with Crippen molar-refractivity contribution in [2.75, 3.05) is 13.2 Å². The SMILES string of the molecule is CCOC1OC1N1CCC23CCCCC2C1Cc1ccc(O)cc13. The monoisotopic (exact) mass is 329 g/mol. The van der Waals surface area contributed by atoms with E-state index in [2.05, 4.69) is 17.0 Å². The van der Waals surface area contributed by atoms with Crippen LogP contribution in [0.2, 0.25) is 0 Å². The third-order valence-electron chi connectivity index (χ3n) is 6.95. The second-order valence-electron chi connectivity index (χ2n) is 7.96. The molecule has 1 aromatic carbocycles. The number of hydrogen-bond donors (Lipinski definition) is 1. The number of aromatic hydroxyl groups is 1. The van der Waals surface area contributed by atoms with Gasteiger partial charge in [-0.3, -0.25) is 4.90 Å². The third kappa shape index (κ3) is 2.09. The fourth-order valence-corrected chi connectivity index (χ4v) is 5.95. The Morgan fingerprint density at radius 3 is 3.12 bits per heavy atom. The van der Waals surface area contributed by atoms with Crippen LogP contribution in [0.4, 0.5) is 0 Å². The second kappa shape index (κ2) is 5.45. The zero-order chi connectivity index (χ0) is 16.3. The summed E-state index contributed by atoms with van der Waals surface area (Å²) in [5.41, 5.74) is 3.16. The maximum atomic E-state index is 10.1.